The number of carbonyl (C=O) groups excluding carboxylic acids is 1. The molecule has 4 nitrogen and oxygen atoms in total. The van der Waals surface area contributed by atoms with Gasteiger partial charge in [0.2, 0.25) is 0 Å². The number of aliphatic hydroxyl groups is 1. The van der Waals surface area contributed by atoms with Gasteiger partial charge in [-0.2, -0.15) is 0 Å². The van der Waals surface area contributed by atoms with Crippen molar-refractivity contribution < 1.29 is 9.90 Å². The first-order valence-electron chi connectivity index (χ1n) is 6.87. The normalized spacial score (nSPS) is 11.9. The van der Waals surface area contributed by atoms with Crippen LogP contribution in [0, 0.1) is 0 Å². The van der Waals surface area contributed by atoms with Crippen LogP contribution in [0.1, 0.15) is 32.3 Å². The number of rotatable bonds is 7. The molecule has 2 N–H and O–H groups in total. The van der Waals surface area contributed by atoms with E-state index in [9.17, 15) is 4.79 Å². The predicted octanol–water partition coefficient (Wildman–Crippen LogP) is 2.38. The maximum absolute atomic E-state index is 12.1. The lowest BCUT2D eigenvalue weighted by molar-refractivity contribution is 0.192. The summed E-state index contributed by atoms with van der Waals surface area (Å²) in [4.78, 5) is 13.9. The smallest absolute Gasteiger partial charge is 0.317 e. The molecule has 0 aromatic heterocycles. The second-order valence-electron chi connectivity index (χ2n) is 4.72. The number of aliphatic hydroxyl groups excluding tert-OH is 1. The molecule has 1 aromatic carbocycles. The molecular formula is C15H24N2O2. The molecule has 19 heavy (non-hydrogen) atoms. The Hall–Kier alpha value is -1.55. The molecule has 0 spiro atoms. The number of hydrogen-bond acceptors (Lipinski definition) is 2. The third-order valence-corrected chi connectivity index (χ3v) is 3.05. The maximum atomic E-state index is 12.1. The molecule has 1 aromatic rings. The van der Waals surface area contributed by atoms with E-state index < -0.39 is 0 Å². The van der Waals surface area contributed by atoms with Crippen LogP contribution in [0.2, 0.25) is 0 Å². The number of amides is 2. The predicted molar refractivity (Wildman–Crippen MR) is 76.8 cm³/mol. The highest BCUT2D eigenvalue weighted by molar-refractivity contribution is 5.74. The minimum atomic E-state index is -0.0446. The van der Waals surface area contributed by atoms with Gasteiger partial charge in [-0.3, -0.25) is 0 Å². The molecule has 0 fully saturated rings. The number of nitrogens with zero attached hydrogens (tertiary/aromatic N) is 1. The zero-order chi connectivity index (χ0) is 14.1. The van der Waals surface area contributed by atoms with E-state index in [1.54, 1.807) is 4.90 Å². The summed E-state index contributed by atoms with van der Waals surface area (Å²) in [5.74, 6) is 0. The SMILES string of the molecule is CCN(Cc1ccccc1)C(=O)NC(C)CCCO. The summed E-state index contributed by atoms with van der Waals surface area (Å²) >= 11 is 0. The van der Waals surface area contributed by atoms with Gasteiger partial charge in [0, 0.05) is 25.7 Å². The van der Waals surface area contributed by atoms with Gasteiger partial charge >= 0.3 is 6.03 Å². The average molecular weight is 264 g/mol. The standard InChI is InChI=1S/C15H24N2O2/c1-3-17(12-14-9-5-4-6-10-14)15(19)16-13(2)8-7-11-18/h4-6,9-10,13,18H,3,7-8,11-12H2,1-2H3,(H,16,19). The minimum absolute atomic E-state index is 0.0446. The summed E-state index contributed by atoms with van der Waals surface area (Å²) in [5, 5.41) is 11.7. The van der Waals surface area contributed by atoms with Crippen molar-refractivity contribution in [3.05, 3.63) is 35.9 Å². The molecule has 0 bridgehead atoms. The van der Waals surface area contributed by atoms with Crippen LogP contribution in [0.5, 0.6) is 0 Å². The molecule has 0 aliphatic rings. The van der Waals surface area contributed by atoms with Crippen molar-refractivity contribution in [2.45, 2.75) is 39.3 Å². The number of urea groups is 1. The first kappa shape index (κ1) is 15.5. The van der Waals surface area contributed by atoms with E-state index in [2.05, 4.69) is 5.32 Å². The number of benzene rings is 1. The average Bonchev–Trinajstić information content (AvgIpc) is 2.43. The zero-order valence-electron chi connectivity index (χ0n) is 11.8. The van der Waals surface area contributed by atoms with E-state index >= 15 is 0 Å². The Morgan fingerprint density at radius 1 is 1.37 bits per heavy atom. The molecule has 0 saturated heterocycles. The Bertz CT molecular complexity index is 368. The number of hydrogen-bond donors (Lipinski definition) is 2. The van der Waals surface area contributed by atoms with Crippen LogP contribution in [0.15, 0.2) is 30.3 Å². The van der Waals surface area contributed by atoms with Crippen LogP contribution < -0.4 is 5.32 Å². The lowest BCUT2D eigenvalue weighted by atomic mass is 10.2. The van der Waals surface area contributed by atoms with Crippen molar-refractivity contribution >= 4 is 6.03 Å². The van der Waals surface area contributed by atoms with E-state index in [0.717, 1.165) is 12.0 Å². The van der Waals surface area contributed by atoms with Gasteiger partial charge in [-0.25, -0.2) is 4.79 Å². The molecule has 4 heteroatoms. The van der Waals surface area contributed by atoms with Gasteiger partial charge in [0.15, 0.2) is 0 Å². The summed E-state index contributed by atoms with van der Waals surface area (Å²) in [6.07, 6.45) is 1.51. The lowest BCUT2D eigenvalue weighted by Crippen LogP contribution is -2.43. The summed E-state index contributed by atoms with van der Waals surface area (Å²) < 4.78 is 0. The van der Waals surface area contributed by atoms with Crippen LogP contribution in [0.3, 0.4) is 0 Å². The second kappa shape index (κ2) is 8.53. The van der Waals surface area contributed by atoms with Gasteiger partial charge in [-0.05, 0) is 32.3 Å². The van der Waals surface area contributed by atoms with Gasteiger partial charge in [-0.15, -0.1) is 0 Å². The summed E-state index contributed by atoms with van der Waals surface area (Å²) in [5.41, 5.74) is 1.13. The monoisotopic (exact) mass is 264 g/mol. The molecule has 0 saturated carbocycles. The fourth-order valence-electron chi connectivity index (χ4n) is 1.90. The Morgan fingerprint density at radius 3 is 2.63 bits per heavy atom. The first-order valence-corrected chi connectivity index (χ1v) is 6.87. The molecule has 0 aliphatic heterocycles. The van der Waals surface area contributed by atoms with Crippen LogP contribution in [0.25, 0.3) is 0 Å². The molecule has 0 heterocycles. The lowest BCUT2D eigenvalue weighted by Gasteiger charge is -2.24. The minimum Gasteiger partial charge on any atom is -0.396 e. The molecule has 2 amide bonds. The van der Waals surface area contributed by atoms with E-state index in [4.69, 9.17) is 5.11 Å². The number of nitrogens with one attached hydrogen (secondary N) is 1. The summed E-state index contributed by atoms with van der Waals surface area (Å²) in [6, 6.07) is 10.0. The van der Waals surface area contributed by atoms with Gasteiger partial charge in [0.25, 0.3) is 0 Å². The van der Waals surface area contributed by atoms with Crippen LogP contribution in [-0.4, -0.2) is 35.2 Å². The van der Waals surface area contributed by atoms with Gasteiger partial charge in [0.1, 0.15) is 0 Å². The Balaban J connectivity index is 2.48. The van der Waals surface area contributed by atoms with E-state index in [0.29, 0.717) is 19.5 Å². The largest absolute Gasteiger partial charge is 0.396 e. The molecule has 1 rings (SSSR count). The Morgan fingerprint density at radius 2 is 2.05 bits per heavy atom. The molecular weight excluding hydrogens is 240 g/mol. The topological polar surface area (TPSA) is 52.6 Å². The summed E-state index contributed by atoms with van der Waals surface area (Å²) in [6.45, 7) is 5.40. The quantitative estimate of drug-likeness (QED) is 0.794. The maximum Gasteiger partial charge on any atom is 0.317 e. The van der Waals surface area contributed by atoms with Gasteiger partial charge in [-0.1, -0.05) is 30.3 Å². The Kier molecular flexibility index (Phi) is 6.97. The molecule has 106 valence electrons. The molecule has 0 aliphatic carbocycles. The molecule has 1 atom stereocenters. The van der Waals surface area contributed by atoms with Crippen molar-refractivity contribution in [1.82, 2.24) is 10.2 Å². The van der Waals surface area contributed by atoms with Gasteiger partial charge < -0.3 is 15.3 Å². The van der Waals surface area contributed by atoms with Crippen molar-refractivity contribution in [2.24, 2.45) is 0 Å². The Labute approximate surface area is 115 Å². The van der Waals surface area contributed by atoms with Crippen LogP contribution in [0.4, 0.5) is 4.79 Å². The highest BCUT2D eigenvalue weighted by Gasteiger charge is 2.14. The second-order valence-corrected chi connectivity index (χ2v) is 4.72. The van der Waals surface area contributed by atoms with E-state index in [1.165, 1.54) is 0 Å². The zero-order valence-corrected chi connectivity index (χ0v) is 11.8. The van der Waals surface area contributed by atoms with E-state index in [-0.39, 0.29) is 18.7 Å². The number of carbonyl (C=O) groups is 1. The van der Waals surface area contributed by atoms with Crippen LogP contribution >= 0.6 is 0 Å². The molecule has 1 unspecified atom stereocenters. The summed E-state index contributed by atoms with van der Waals surface area (Å²) in [7, 11) is 0. The first-order chi connectivity index (χ1) is 9.17. The van der Waals surface area contributed by atoms with Crippen molar-refractivity contribution in [3.8, 4) is 0 Å². The highest BCUT2D eigenvalue weighted by atomic mass is 16.3. The third kappa shape index (κ3) is 5.75. The fourth-order valence-corrected chi connectivity index (χ4v) is 1.90. The fraction of sp³-hybridized carbons (Fsp3) is 0.533. The van der Waals surface area contributed by atoms with E-state index in [1.807, 2.05) is 44.2 Å². The van der Waals surface area contributed by atoms with Crippen molar-refractivity contribution in [2.75, 3.05) is 13.2 Å². The highest BCUT2D eigenvalue weighted by Crippen LogP contribution is 2.05. The molecule has 0 radical (unpaired) electrons. The van der Waals surface area contributed by atoms with Gasteiger partial charge in [0.05, 0.1) is 0 Å². The van der Waals surface area contributed by atoms with Crippen LogP contribution in [-0.2, 0) is 6.54 Å². The van der Waals surface area contributed by atoms with Crippen molar-refractivity contribution in [1.29, 1.82) is 0 Å². The third-order valence-electron chi connectivity index (χ3n) is 3.05. The van der Waals surface area contributed by atoms with Crippen molar-refractivity contribution in [3.63, 3.8) is 0 Å².